The molecule has 0 amide bonds. The Morgan fingerprint density at radius 2 is 2.00 bits per heavy atom. The Kier molecular flexibility index (Phi) is 4.15. The summed E-state index contributed by atoms with van der Waals surface area (Å²) in [5.41, 5.74) is 3.96. The number of aryl methyl sites for hydroxylation is 1. The Bertz CT molecular complexity index is 1090. The van der Waals surface area contributed by atoms with Crippen LogP contribution in [0.5, 0.6) is 11.5 Å². The van der Waals surface area contributed by atoms with E-state index in [1.54, 1.807) is 6.20 Å². The van der Waals surface area contributed by atoms with E-state index in [4.69, 9.17) is 9.47 Å². The number of benzene rings is 1. The average Bonchev–Trinajstić information content (AvgIpc) is 3.07. The minimum Gasteiger partial charge on any atom is -0.486 e. The van der Waals surface area contributed by atoms with E-state index >= 15 is 0 Å². The summed E-state index contributed by atoms with van der Waals surface area (Å²) in [6, 6.07) is 5.90. The maximum Gasteiger partial charge on any atom is 0.248 e. The fraction of sp³-hybridized carbons (Fsp3) is 0.409. The lowest BCUT2D eigenvalue weighted by atomic mass is 9.81. The third kappa shape index (κ3) is 3.18. The average molecular weight is 399 g/mol. The van der Waals surface area contributed by atoms with Gasteiger partial charge >= 0.3 is 0 Å². The second kappa shape index (κ2) is 6.61. The number of alkyl halides is 2. The highest BCUT2D eigenvalue weighted by molar-refractivity contribution is 5.92. The summed E-state index contributed by atoms with van der Waals surface area (Å²) in [5.74, 6) is -0.197. The normalized spacial score (nSPS) is 17.9. The van der Waals surface area contributed by atoms with E-state index < -0.39 is 5.92 Å². The summed E-state index contributed by atoms with van der Waals surface area (Å²) in [6.45, 7) is 5.72. The van der Waals surface area contributed by atoms with Crippen molar-refractivity contribution in [2.45, 2.75) is 39.2 Å². The van der Waals surface area contributed by atoms with Crippen molar-refractivity contribution >= 4 is 22.4 Å². The lowest BCUT2D eigenvalue weighted by Gasteiger charge is -2.35. The monoisotopic (exact) mass is 399 g/mol. The standard InChI is InChI=1S/C22H23F2N3O2/c1-13-9-18-20(29-8-7-28-18)14(2)19(13)26-21-16-4-6-27(17(16)3-5-25-21)12-15-10-22(23,24)11-15/h3-6,9,15H,7-8,10-12H2,1-2H3,(H,25,26). The number of hydrogen-bond donors (Lipinski definition) is 1. The predicted molar refractivity (Wildman–Crippen MR) is 108 cm³/mol. The summed E-state index contributed by atoms with van der Waals surface area (Å²) in [5, 5.41) is 4.43. The first-order valence-electron chi connectivity index (χ1n) is 9.90. The van der Waals surface area contributed by atoms with E-state index in [9.17, 15) is 8.78 Å². The van der Waals surface area contributed by atoms with Gasteiger partial charge in [0.15, 0.2) is 11.5 Å². The molecule has 3 heterocycles. The summed E-state index contributed by atoms with van der Waals surface area (Å²) in [6.07, 6.45) is 3.65. The molecule has 3 aromatic rings. The minimum atomic E-state index is -2.49. The molecule has 2 aromatic heterocycles. The molecule has 1 aliphatic heterocycles. The Morgan fingerprint density at radius 3 is 2.79 bits per heavy atom. The van der Waals surface area contributed by atoms with Gasteiger partial charge in [-0.3, -0.25) is 0 Å². The molecule has 5 nitrogen and oxygen atoms in total. The smallest absolute Gasteiger partial charge is 0.248 e. The van der Waals surface area contributed by atoms with Crippen molar-refractivity contribution in [1.82, 2.24) is 9.55 Å². The van der Waals surface area contributed by atoms with Crippen molar-refractivity contribution in [2.24, 2.45) is 5.92 Å². The minimum absolute atomic E-state index is 0.0208. The van der Waals surface area contributed by atoms with E-state index in [-0.39, 0.29) is 18.8 Å². The highest BCUT2D eigenvalue weighted by Crippen LogP contribution is 2.44. The van der Waals surface area contributed by atoms with E-state index in [2.05, 4.69) is 10.3 Å². The van der Waals surface area contributed by atoms with E-state index in [0.717, 1.165) is 45.0 Å². The molecule has 29 heavy (non-hydrogen) atoms. The van der Waals surface area contributed by atoms with Crippen molar-refractivity contribution in [3.05, 3.63) is 41.7 Å². The largest absolute Gasteiger partial charge is 0.486 e. The first-order valence-corrected chi connectivity index (χ1v) is 9.90. The van der Waals surface area contributed by atoms with Gasteiger partial charge in [-0.1, -0.05) is 0 Å². The molecular weight excluding hydrogens is 376 g/mol. The number of nitrogens with one attached hydrogen (secondary N) is 1. The van der Waals surface area contributed by atoms with Crippen molar-refractivity contribution in [1.29, 1.82) is 0 Å². The summed E-state index contributed by atoms with van der Waals surface area (Å²) in [7, 11) is 0. The maximum absolute atomic E-state index is 13.2. The van der Waals surface area contributed by atoms with Gasteiger partial charge in [-0.2, -0.15) is 0 Å². The second-order valence-electron chi connectivity index (χ2n) is 8.03. The second-order valence-corrected chi connectivity index (χ2v) is 8.03. The molecule has 0 saturated heterocycles. The van der Waals surface area contributed by atoms with Gasteiger partial charge in [0, 0.05) is 48.4 Å². The Hall–Kier alpha value is -2.83. The number of pyridine rings is 1. The molecule has 5 rings (SSSR count). The zero-order chi connectivity index (χ0) is 20.2. The lowest BCUT2D eigenvalue weighted by molar-refractivity contribution is -0.113. The molecular formula is C22H23F2N3O2. The van der Waals surface area contributed by atoms with Crippen molar-refractivity contribution in [3.63, 3.8) is 0 Å². The number of fused-ring (bicyclic) bond motifs is 2. The highest BCUT2D eigenvalue weighted by Gasteiger charge is 2.45. The Labute approximate surface area is 167 Å². The molecule has 0 spiro atoms. The van der Waals surface area contributed by atoms with Crippen LogP contribution in [-0.2, 0) is 6.54 Å². The van der Waals surface area contributed by atoms with Crippen LogP contribution in [0.4, 0.5) is 20.3 Å². The SMILES string of the molecule is Cc1cc2c(c(C)c1Nc1nccc3c1ccn3CC1CC(F)(F)C1)OCCO2. The zero-order valence-corrected chi connectivity index (χ0v) is 16.5. The Morgan fingerprint density at radius 1 is 1.21 bits per heavy atom. The van der Waals surface area contributed by atoms with Gasteiger partial charge in [0.2, 0.25) is 5.92 Å². The molecule has 7 heteroatoms. The van der Waals surface area contributed by atoms with Crippen LogP contribution in [0, 0.1) is 19.8 Å². The number of ether oxygens (including phenoxy) is 2. The van der Waals surface area contributed by atoms with Crippen LogP contribution >= 0.6 is 0 Å². The molecule has 1 N–H and O–H groups in total. The van der Waals surface area contributed by atoms with E-state index in [1.807, 2.05) is 42.8 Å². The molecule has 1 aliphatic carbocycles. The quantitative estimate of drug-likeness (QED) is 0.654. The van der Waals surface area contributed by atoms with Gasteiger partial charge in [0.05, 0.1) is 5.52 Å². The molecule has 1 aromatic carbocycles. The molecule has 1 saturated carbocycles. The fourth-order valence-corrected chi connectivity index (χ4v) is 4.39. The Balaban J connectivity index is 1.46. The first kappa shape index (κ1) is 18.2. The third-order valence-corrected chi connectivity index (χ3v) is 5.84. The molecule has 152 valence electrons. The van der Waals surface area contributed by atoms with Gasteiger partial charge in [0.1, 0.15) is 19.0 Å². The predicted octanol–water partition coefficient (Wildman–Crippen LogP) is 5.21. The molecule has 0 radical (unpaired) electrons. The van der Waals surface area contributed by atoms with Gasteiger partial charge in [-0.15, -0.1) is 0 Å². The van der Waals surface area contributed by atoms with Crippen molar-refractivity contribution in [2.75, 3.05) is 18.5 Å². The van der Waals surface area contributed by atoms with Gasteiger partial charge in [0.25, 0.3) is 0 Å². The van der Waals surface area contributed by atoms with Crippen LogP contribution in [0.25, 0.3) is 10.9 Å². The molecule has 2 aliphatic rings. The van der Waals surface area contributed by atoms with Crippen LogP contribution in [0.15, 0.2) is 30.6 Å². The van der Waals surface area contributed by atoms with Gasteiger partial charge in [-0.25, -0.2) is 13.8 Å². The summed E-state index contributed by atoms with van der Waals surface area (Å²) < 4.78 is 39.9. The number of hydrogen-bond acceptors (Lipinski definition) is 4. The topological polar surface area (TPSA) is 48.3 Å². The summed E-state index contributed by atoms with van der Waals surface area (Å²) >= 11 is 0. The summed E-state index contributed by atoms with van der Waals surface area (Å²) in [4.78, 5) is 4.53. The van der Waals surface area contributed by atoms with Crippen molar-refractivity contribution in [3.8, 4) is 11.5 Å². The fourth-order valence-electron chi connectivity index (χ4n) is 4.39. The van der Waals surface area contributed by atoms with Crippen LogP contribution in [0.3, 0.4) is 0 Å². The van der Waals surface area contributed by atoms with Gasteiger partial charge < -0.3 is 19.4 Å². The number of aromatic nitrogens is 2. The third-order valence-electron chi connectivity index (χ3n) is 5.84. The van der Waals surface area contributed by atoms with E-state index in [1.165, 1.54) is 0 Å². The maximum atomic E-state index is 13.2. The zero-order valence-electron chi connectivity index (χ0n) is 16.5. The number of anilines is 2. The molecule has 0 unspecified atom stereocenters. The number of rotatable bonds is 4. The molecule has 1 fully saturated rings. The lowest BCUT2D eigenvalue weighted by Crippen LogP contribution is -2.37. The van der Waals surface area contributed by atoms with E-state index in [0.29, 0.717) is 19.8 Å². The highest BCUT2D eigenvalue weighted by atomic mass is 19.3. The first-order chi connectivity index (χ1) is 13.9. The van der Waals surface area contributed by atoms with Crippen LogP contribution in [0.1, 0.15) is 24.0 Å². The van der Waals surface area contributed by atoms with Gasteiger partial charge in [-0.05, 0) is 43.5 Å². The van der Waals surface area contributed by atoms with Crippen LogP contribution in [-0.4, -0.2) is 28.7 Å². The molecule has 0 bridgehead atoms. The number of halogens is 2. The van der Waals surface area contributed by atoms with Crippen LogP contribution < -0.4 is 14.8 Å². The van der Waals surface area contributed by atoms with Crippen LogP contribution in [0.2, 0.25) is 0 Å². The molecule has 0 atom stereocenters. The number of nitrogens with zero attached hydrogens (tertiary/aromatic N) is 2. The van der Waals surface area contributed by atoms with Crippen molar-refractivity contribution < 1.29 is 18.3 Å².